The van der Waals surface area contributed by atoms with E-state index in [1.54, 1.807) is 0 Å². The Kier molecular flexibility index (Phi) is 7.36. The topological polar surface area (TPSA) is 130 Å². The number of sulfonamides is 1. The minimum Gasteiger partial charge on any atom is -0.480 e. The maximum atomic E-state index is 12.9. The Hall–Kier alpha value is -2.20. The molecule has 0 bridgehead atoms. The average Bonchev–Trinajstić information content (AvgIpc) is 2.90. The fraction of sp³-hybridized carbons (Fsp3) is 0.611. The van der Waals surface area contributed by atoms with Crippen molar-refractivity contribution in [1.29, 1.82) is 0 Å². The molecule has 0 amide bonds. The van der Waals surface area contributed by atoms with E-state index in [0.29, 0.717) is 13.1 Å². The summed E-state index contributed by atoms with van der Waals surface area (Å²) in [4.78, 5) is 22.1. The molecule has 0 aromatic heterocycles. The van der Waals surface area contributed by atoms with E-state index in [0.717, 1.165) is 31.7 Å². The summed E-state index contributed by atoms with van der Waals surface area (Å²) in [5, 5.41) is 23.6. The molecule has 0 aliphatic carbocycles. The van der Waals surface area contributed by atoms with Gasteiger partial charge in [0.15, 0.2) is 0 Å². The molecule has 1 aliphatic rings. The van der Waals surface area contributed by atoms with Gasteiger partial charge in [0.1, 0.15) is 11.7 Å². The molecule has 1 saturated heterocycles. The van der Waals surface area contributed by atoms with Gasteiger partial charge >= 0.3 is 5.97 Å². The largest absolute Gasteiger partial charge is 0.480 e. The Morgan fingerprint density at radius 3 is 2.36 bits per heavy atom. The van der Waals surface area contributed by atoms with Crippen LogP contribution in [0.25, 0.3) is 0 Å². The molecular formula is C18H27N3O6S. The van der Waals surface area contributed by atoms with E-state index in [2.05, 4.69) is 5.32 Å². The first-order chi connectivity index (χ1) is 13.1. The van der Waals surface area contributed by atoms with Crippen LogP contribution in [0.1, 0.15) is 46.0 Å². The van der Waals surface area contributed by atoms with Crippen LogP contribution < -0.4 is 5.32 Å². The standard InChI is InChI=1S/C18H27N3O6S/c1-13(2)11-16(18(22)23)19-15-8-7-14(12-17(15)21(24)25)28(26,27)20-9-5-3-4-6-10-20/h7-8,12-13,16,19H,3-6,9-11H2,1-2H3,(H,22,23). The lowest BCUT2D eigenvalue weighted by atomic mass is 10.0. The van der Waals surface area contributed by atoms with E-state index in [9.17, 15) is 28.4 Å². The number of nitro benzene ring substituents is 1. The Labute approximate surface area is 164 Å². The maximum Gasteiger partial charge on any atom is 0.326 e. The smallest absolute Gasteiger partial charge is 0.326 e. The van der Waals surface area contributed by atoms with Crippen molar-refractivity contribution in [3.63, 3.8) is 0 Å². The first-order valence-corrected chi connectivity index (χ1v) is 10.8. The molecule has 9 nitrogen and oxygen atoms in total. The van der Waals surface area contributed by atoms with Gasteiger partial charge in [-0.1, -0.05) is 26.7 Å². The van der Waals surface area contributed by atoms with E-state index in [1.807, 2.05) is 13.8 Å². The second-order valence-corrected chi connectivity index (χ2v) is 9.36. The van der Waals surface area contributed by atoms with Crippen molar-refractivity contribution in [1.82, 2.24) is 4.31 Å². The Morgan fingerprint density at radius 2 is 1.86 bits per heavy atom. The Balaban J connectivity index is 2.36. The molecule has 1 heterocycles. The van der Waals surface area contributed by atoms with Crippen LogP contribution >= 0.6 is 0 Å². The predicted molar refractivity (Wildman–Crippen MR) is 105 cm³/mol. The van der Waals surface area contributed by atoms with Gasteiger partial charge < -0.3 is 10.4 Å². The molecule has 1 aliphatic heterocycles. The van der Waals surface area contributed by atoms with Crippen LogP contribution in [0.2, 0.25) is 0 Å². The zero-order chi connectivity index (χ0) is 20.9. The molecule has 1 unspecified atom stereocenters. The number of rotatable bonds is 8. The van der Waals surface area contributed by atoms with Crippen LogP contribution in [0, 0.1) is 16.0 Å². The van der Waals surface area contributed by atoms with Crippen molar-refractivity contribution in [3.05, 3.63) is 28.3 Å². The van der Waals surface area contributed by atoms with Gasteiger partial charge in [-0.05, 0) is 37.3 Å². The van der Waals surface area contributed by atoms with Gasteiger partial charge in [0.25, 0.3) is 5.69 Å². The summed E-state index contributed by atoms with van der Waals surface area (Å²) in [6, 6.07) is 2.58. The monoisotopic (exact) mass is 413 g/mol. The minimum absolute atomic E-state index is 0.00661. The van der Waals surface area contributed by atoms with Crippen molar-refractivity contribution in [2.24, 2.45) is 5.92 Å². The lowest BCUT2D eigenvalue weighted by Gasteiger charge is -2.21. The summed E-state index contributed by atoms with van der Waals surface area (Å²) < 4.78 is 27.1. The highest BCUT2D eigenvalue weighted by Gasteiger charge is 2.29. The van der Waals surface area contributed by atoms with Crippen molar-refractivity contribution in [2.45, 2.75) is 56.9 Å². The maximum absolute atomic E-state index is 12.9. The molecule has 156 valence electrons. The molecular weight excluding hydrogens is 386 g/mol. The van der Waals surface area contributed by atoms with Crippen molar-refractivity contribution in [2.75, 3.05) is 18.4 Å². The van der Waals surface area contributed by atoms with Crippen LogP contribution in [-0.2, 0) is 14.8 Å². The van der Waals surface area contributed by atoms with E-state index in [1.165, 1.54) is 16.4 Å². The van der Waals surface area contributed by atoms with Crippen LogP contribution in [0.4, 0.5) is 11.4 Å². The second-order valence-electron chi connectivity index (χ2n) is 7.42. The minimum atomic E-state index is -3.84. The van der Waals surface area contributed by atoms with Gasteiger partial charge in [0, 0.05) is 19.2 Å². The van der Waals surface area contributed by atoms with Crippen LogP contribution in [0.15, 0.2) is 23.1 Å². The number of anilines is 1. The summed E-state index contributed by atoms with van der Waals surface area (Å²) in [6.07, 6.45) is 3.72. The van der Waals surface area contributed by atoms with E-state index in [-0.39, 0.29) is 22.9 Å². The predicted octanol–water partition coefficient (Wildman–Crippen LogP) is 3.07. The van der Waals surface area contributed by atoms with Gasteiger partial charge in [-0.25, -0.2) is 13.2 Å². The SMILES string of the molecule is CC(C)CC(Nc1ccc(S(=O)(=O)N2CCCCCC2)cc1[N+](=O)[O-])C(=O)O. The quantitative estimate of drug-likeness (QED) is 0.495. The van der Waals surface area contributed by atoms with E-state index >= 15 is 0 Å². The van der Waals surface area contributed by atoms with Crippen molar-refractivity contribution in [3.8, 4) is 0 Å². The lowest BCUT2D eigenvalue weighted by molar-refractivity contribution is -0.384. The highest BCUT2D eigenvalue weighted by Crippen LogP contribution is 2.31. The molecule has 10 heteroatoms. The first kappa shape index (κ1) is 22.1. The third-order valence-electron chi connectivity index (χ3n) is 4.70. The number of carbonyl (C=O) groups is 1. The number of carboxylic acids is 1. The lowest BCUT2D eigenvalue weighted by Crippen LogP contribution is -2.32. The third-order valence-corrected chi connectivity index (χ3v) is 6.60. The molecule has 1 aromatic carbocycles. The number of benzene rings is 1. The van der Waals surface area contributed by atoms with Crippen molar-refractivity contribution >= 4 is 27.4 Å². The Bertz CT molecular complexity index is 817. The van der Waals surface area contributed by atoms with Crippen LogP contribution in [-0.4, -0.2) is 47.9 Å². The molecule has 2 N–H and O–H groups in total. The van der Waals surface area contributed by atoms with Crippen LogP contribution in [0.5, 0.6) is 0 Å². The highest BCUT2D eigenvalue weighted by atomic mass is 32.2. The summed E-state index contributed by atoms with van der Waals surface area (Å²) in [5.41, 5.74) is -0.459. The Morgan fingerprint density at radius 1 is 1.25 bits per heavy atom. The molecule has 0 radical (unpaired) electrons. The van der Waals surface area contributed by atoms with E-state index in [4.69, 9.17) is 0 Å². The number of carboxylic acid groups (broad SMARTS) is 1. The molecule has 2 rings (SSSR count). The third kappa shape index (κ3) is 5.41. The molecule has 0 saturated carbocycles. The van der Waals surface area contributed by atoms with E-state index < -0.39 is 32.6 Å². The number of hydrogen-bond acceptors (Lipinski definition) is 6. The molecule has 1 fully saturated rings. The fourth-order valence-electron chi connectivity index (χ4n) is 3.26. The zero-order valence-electron chi connectivity index (χ0n) is 16.1. The molecule has 1 atom stereocenters. The number of nitrogens with one attached hydrogen (secondary N) is 1. The summed E-state index contributed by atoms with van der Waals surface area (Å²) in [6.45, 7) is 4.49. The number of nitro groups is 1. The summed E-state index contributed by atoms with van der Waals surface area (Å²) in [7, 11) is -3.84. The summed E-state index contributed by atoms with van der Waals surface area (Å²) in [5.74, 6) is -1.06. The number of aliphatic carboxylic acids is 1. The number of nitrogens with zero attached hydrogens (tertiary/aromatic N) is 2. The molecule has 28 heavy (non-hydrogen) atoms. The fourth-order valence-corrected chi connectivity index (χ4v) is 4.79. The molecule has 1 aromatic rings. The zero-order valence-corrected chi connectivity index (χ0v) is 16.9. The molecule has 0 spiro atoms. The highest BCUT2D eigenvalue weighted by molar-refractivity contribution is 7.89. The van der Waals surface area contributed by atoms with Crippen LogP contribution in [0.3, 0.4) is 0 Å². The van der Waals surface area contributed by atoms with Gasteiger partial charge in [0.05, 0.1) is 9.82 Å². The van der Waals surface area contributed by atoms with Gasteiger partial charge in [-0.2, -0.15) is 4.31 Å². The number of hydrogen-bond donors (Lipinski definition) is 2. The first-order valence-electron chi connectivity index (χ1n) is 9.41. The van der Waals surface area contributed by atoms with Crippen molar-refractivity contribution < 1.29 is 23.2 Å². The van der Waals surface area contributed by atoms with Gasteiger partial charge in [-0.3, -0.25) is 10.1 Å². The average molecular weight is 413 g/mol. The summed E-state index contributed by atoms with van der Waals surface area (Å²) >= 11 is 0. The van der Waals surface area contributed by atoms with Gasteiger partial charge in [-0.15, -0.1) is 0 Å². The second kappa shape index (κ2) is 9.33. The normalized spacial score (nSPS) is 17.1. The van der Waals surface area contributed by atoms with Gasteiger partial charge in [0.2, 0.25) is 10.0 Å².